The van der Waals surface area contributed by atoms with E-state index in [1.165, 1.54) is 6.07 Å². The maximum atomic E-state index is 12.9. The highest BCUT2D eigenvalue weighted by Crippen LogP contribution is 2.42. The van der Waals surface area contributed by atoms with E-state index in [1.807, 2.05) is 0 Å². The average molecular weight is 441 g/mol. The highest BCUT2D eigenvalue weighted by Gasteiger charge is 2.44. The van der Waals surface area contributed by atoms with Crippen molar-refractivity contribution in [2.45, 2.75) is 77.1 Å². The quantitative estimate of drug-likeness (QED) is 0.714. The summed E-state index contributed by atoms with van der Waals surface area (Å²) in [6.07, 6.45) is 0.774. The number of nitrogens with zero attached hydrogens (tertiary/aromatic N) is 2. The van der Waals surface area contributed by atoms with Gasteiger partial charge in [0.2, 0.25) is 0 Å². The van der Waals surface area contributed by atoms with Crippen molar-refractivity contribution in [3.05, 3.63) is 63.6 Å². The number of hydrogen-bond donors (Lipinski definition) is 1. The van der Waals surface area contributed by atoms with E-state index < -0.39 is 26.1 Å². The highest BCUT2D eigenvalue weighted by molar-refractivity contribution is 6.74. The molecule has 31 heavy (non-hydrogen) atoms. The van der Waals surface area contributed by atoms with Crippen molar-refractivity contribution in [1.82, 2.24) is 4.57 Å². The minimum absolute atomic E-state index is 0.0784. The Bertz CT molecular complexity index is 1080. The molecule has 1 aliphatic rings. The van der Waals surface area contributed by atoms with Gasteiger partial charge in [-0.15, -0.1) is 0 Å². The summed E-state index contributed by atoms with van der Waals surface area (Å²) in [7, 11) is -1.96. The number of rotatable bonds is 4. The summed E-state index contributed by atoms with van der Waals surface area (Å²) >= 11 is 0. The van der Waals surface area contributed by atoms with Gasteiger partial charge in [0.15, 0.2) is 8.32 Å². The van der Waals surface area contributed by atoms with Gasteiger partial charge < -0.3 is 18.8 Å². The summed E-state index contributed by atoms with van der Waals surface area (Å²) in [5.41, 5.74) is 0.795. The maximum absolute atomic E-state index is 12.9. The van der Waals surface area contributed by atoms with Gasteiger partial charge in [-0.25, -0.2) is 0 Å². The third kappa shape index (κ3) is 4.47. The largest absolute Gasteiger partial charge is 0.485 e. The minimum Gasteiger partial charge on any atom is -0.485 e. The Kier molecular flexibility index (Phi) is 5.96. The molecule has 2 aromatic rings. The van der Waals surface area contributed by atoms with E-state index in [9.17, 15) is 15.2 Å². The monoisotopic (exact) mass is 440 g/mol. The van der Waals surface area contributed by atoms with Crippen molar-refractivity contribution < 1.29 is 14.3 Å². The molecule has 0 fully saturated rings. The van der Waals surface area contributed by atoms with Gasteiger partial charge in [-0.1, -0.05) is 20.8 Å². The Hall–Kier alpha value is -2.40. The fourth-order valence-corrected chi connectivity index (χ4v) is 4.43. The number of aliphatic hydroxyl groups excluding tert-OH is 1. The first-order valence-electron chi connectivity index (χ1n) is 10.5. The van der Waals surface area contributed by atoms with Crippen LogP contribution in [0.1, 0.15) is 57.4 Å². The van der Waals surface area contributed by atoms with Crippen LogP contribution in [-0.2, 0) is 11.0 Å². The van der Waals surface area contributed by atoms with Crippen molar-refractivity contribution in [2.24, 2.45) is 0 Å². The van der Waals surface area contributed by atoms with Crippen molar-refractivity contribution in [1.29, 1.82) is 5.26 Å². The lowest BCUT2D eigenvalue weighted by Gasteiger charge is -2.42. The fourth-order valence-electron chi connectivity index (χ4n) is 3.47. The normalized spacial score (nSPS) is 20.5. The lowest BCUT2D eigenvalue weighted by atomic mass is 9.85. The number of fused-ring (bicyclic) bond motifs is 1. The molecule has 1 aliphatic heterocycles. The van der Waals surface area contributed by atoms with Crippen molar-refractivity contribution in [3.63, 3.8) is 0 Å². The van der Waals surface area contributed by atoms with E-state index in [2.05, 4.69) is 39.9 Å². The first kappa shape index (κ1) is 23.3. The average Bonchev–Trinajstić information content (AvgIpc) is 2.67. The van der Waals surface area contributed by atoms with Gasteiger partial charge in [-0.3, -0.25) is 4.79 Å². The molecule has 7 heteroatoms. The fraction of sp³-hybridized carbons (Fsp3) is 0.500. The molecule has 0 amide bonds. The summed E-state index contributed by atoms with van der Waals surface area (Å²) in [5, 5.41) is 20.6. The number of benzene rings is 1. The Labute approximate surface area is 185 Å². The van der Waals surface area contributed by atoms with Gasteiger partial charge in [0, 0.05) is 17.8 Å². The lowest BCUT2D eigenvalue weighted by Crippen LogP contribution is -2.52. The molecule has 0 unspecified atom stereocenters. The second-order valence-corrected chi connectivity index (χ2v) is 15.1. The summed E-state index contributed by atoms with van der Waals surface area (Å²) < 4.78 is 13.9. The number of hydrogen-bond acceptors (Lipinski definition) is 5. The van der Waals surface area contributed by atoms with Crippen LogP contribution in [0.5, 0.6) is 5.75 Å². The van der Waals surface area contributed by atoms with Crippen LogP contribution in [0.2, 0.25) is 18.1 Å². The number of aromatic nitrogens is 1. The Morgan fingerprint density at radius 2 is 1.94 bits per heavy atom. The Morgan fingerprint density at radius 3 is 2.55 bits per heavy atom. The molecule has 2 atom stereocenters. The Balaban J connectivity index is 2.05. The van der Waals surface area contributed by atoms with Crippen LogP contribution >= 0.6 is 0 Å². The van der Waals surface area contributed by atoms with Crippen LogP contribution in [0, 0.1) is 11.3 Å². The lowest BCUT2D eigenvalue weighted by molar-refractivity contribution is -0.0643. The molecule has 0 spiro atoms. The molecule has 0 bridgehead atoms. The molecule has 0 aliphatic carbocycles. The van der Waals surface area contributed by atoms with Crippen molar-refractivity contribution in [2.75, 3.05) is 0 Å². The van der Waals surface area contributed by atoms with Gasteiger partial charge in [0.05, 0.1) is 24.3 Å². The molecule has 0 radical (unpaired) electrons. The van der Waals surface area contributed by atoms with Crippen LogP contribution in [0.3, 0.4) is 0 Å². The molecule has 0 saturated heterocycles. The summed E-state index contributed by atoms with van der Waals surface area (Å²) in [6, 6.07) is 9.82. The molecular weight excluding hydrogens is 408 g/mol. The van der Waals surface area contributed by atoms with Crippen molar-refractivity contribution >= 4 is 8.32 Å². The SMILES string of the molecule is CC1(C)Oc2ccc(C#N)cc2[C@@H](n2cc(CO[Si](C)(C)C(C)(C)C)ccc2=O)[C@@H]1O. The summed E-state index contributed by atoms with van der Waals surface area (Å²) in [5.74, 6) is 0.564. The molecule has 166 valence electrons. The van der Waals surface area contributed by atoms with Gasteiger partial charge in [0.1, 0.15) is 17.5 Å². The van der Waals surface area contributed by atoms with Crippen LogP contribution in [-0.4, -0.2) is 29.7 Å². The minimum atomic E-state index is -1.96. The van der Waals surface area contributed by atoms with Gasteiger partial charge in [0.25, 0.3) is 5.56 Å². The molecule has 1 aromatic heterocycles. The third-order valence-electron chi connectivity index (χ3n) is 6.55. The standard InChI is InChI=1S/C24H32N2O4Si/c1-23(2,3)31(6,7)29-15-17-9-11-20(27)26(14-17)21-18-12-16(13-25)8-10-19(18)30-24(4,5)22(21)28/h8-12,14,21-22,28H,15H2,1-7H3/t21-,22+/m1/s1. The van der Waals surface area contributed by atoms with Crippen LogP contribution in [0.4, 0.5) is 0 Å². The van der Waals surface area contributed by atoms with Gasteiger partial charge in [-0.05, 0) is 61.8 Å². The topological polar surface area (TPSA) is 84.5 Å². The van der Waals surface area contributed by atoms with E-state index >= 15 is 0 Å². The molecule has 6 nitrogen and oxygen atoms in total. The number of aliphatic hydroxyl groups is 1. The van der Waals surface area contributed by atoms with E-state index in [1.54, 1.807) is 48.9 Å². The predicted molar refractivity (Wildman–Crippen MR) is 123 cm³/mol. The molecular formula is C24H32N2O4Si. The second-order valence-electron chi connectivity index (χ2n) is 10.3. The first-order chi connectivity index (χ1) is 14.3. The zero-order valence-electron chi connectivity index (χ0n) is 19.4. The molecule has 0 saturated carbocycles. The maximum Gasteiger partial charge on any atom is 0.251 e. The van der Waals surface area contributed by atoms with E-state index in [0.29, 0.717) is 23.5 Å². The van der Waals surface area contributed by atoms with E-state index in [0.717, 1.165) is 5.56 Å². The molecule has 2 heterocycles. The third-order valence-corrected chi connectivity index (χ3v) is 11.0. The van der Waals surface area contributed by atoms with Crippen LogP contribution < -0.4 is 10.3 Å². The summed E-state index contributed by atoms with van der Waals surface area (Å²) in [4.78, 5) is 12.9. The number of ether oxygens (including phenoxy) is 1. The highest BCUT2D eigenvalue weighted by atomic mass is 28.4. The van der Waals surface area contributed by atoms with Crippen LogP contribution in [0.25, 0.3) is 0 Å². The van der Waals surface area contributed by atoms with Crippen molar-refractivity contribution in [3.8, 4) is 11.8 Å². The van der Waals surface area contributed by atoms with Crippen LogP contribution in [0.15, 0.2) is 41.3 Å². The predicted octanol–water partition coefficient (Wildman–Crippen LogP) is 4.36. The number of nitriles is 1. The first-order valence-corrected chi connectivity index (χ1v) is 13.4. The van der Waals surface area contributed by atoms with E-state index in [-0.39, 0.29) is 10.6 Å². The Morgan fingerprint density at radius 1 is 1.26 bits per heavy atom. The molecule has 1 aromatic carbocycles. The number of pyridine rings is 1. The van der Waals surface area contributed by atoms with E-state index in [4.69, 9.17) is 9.16 Å². The van der Waals surface area contributed by atoms with Gasteiger partial charge >= 0.3 is 0 Å². The molecule has 1 N–H and O–H groups in total. The van der Waals surface area contributed by atoms with Gasteiger partial charge in [-0.2, -0.15) is 5.26 Å². The molecule has 3 rings (SSSR count). The smallest absolute Gasteiger partial charge is 0.251 e. The second kappa shape index (κ2) is 7.94. The zero-order valence-corrected chi connectivity index (χ0v) is 20.4. The zero-order chi connectivity index (χ0) is 23.2. The summed E-state index contributed by atoms with van der Waals surface area (Å²) in [6.45, 7) is 14.9.